The van der Waals surface area contributed by atoms with Crippen LogP contribution in [-0.2, 0) is 11.3 Å². The fraction of sp³-hybridized carbons (Fsp3) is 0.316. The van der Waals surface area contributed by atoms with Gasteiger partial charge in [0.25, 0.3) is 0 Å². The maximum Gasteiger partial charge on any atom is 0.321 e. The number of pyridine rings is 1. The molecular weight excluding hydrogens is 316 g/mol. The van der Waals surface area contributed by atoms with Crippen molar-refractivity contribution in [3.05, 3.63) is 53.7 Å². The van der Waals surface area contributed by atoms with Gasteiger partial charge >= 0.3 is 6.03 Å². The zero-order valence-electron chi connectivity index (χ0n) is 15.1. The van der Waals surface area contributed by atoms with E-state index in [1.165, 1.54) is 12.5 Å². The number of urea groups is 1. The molecular formula is C19H24N4O2. The number of carbonyl (C=O) groups is 2. The van der Waals surface area contributed by atoms with Crippen LogP contribution in [0.2, 0.25) is 0 Å². The van der Waals surface area contributed by atoms with E-state index in [0.29, 0.717) is 24.6 Å². The zero-order chi connectivity index (χ0) is 18.4. The molecule has 0 bridgehead atoms. The Morgan fingerprint density at radius 3 is 2.32 bits per heavy atom. The highest BCUT2D eigenvalue weighted by molar-refractivity contribution is 5.91. The van der Waals surface area contributed by atoms with Gasteiger partial charge in [0.2, 0.25) is 5.91 Å². The summed E-state index contributed by atoms with van der Waals surface area (Å²) in [6, 6.07) is 11.3. The first kappa shape index (κ1) is 18.4. The molecule has 1 N–H and O–H groups in total. The average Bonchev–Trinajstić information content (AvgIpc) is 2.58. The van der Waals surface area contributed by atoms with Gasteiger partial charge in [-0.1, -0.05) is 29.8 Å². The summed E-state index contributed by atoms with van der Waals surface area (Å²) in [5.41, 5.74) is 2.84. The third kappa shape index (κ3) is 5.04. The molecule has 0 atom stereocenters. The van der Waals surface area contributed by atoms with E-state index in [4.69, 9.17) is 0 Å². The quantitative estimate of drug-likeness (QED) is 0.907. The summed E-state index contributed by atoms with van der Waals surface area (Å²) < 4.78 is 0. The number of aromatic nitrogens is 1. The molecule has 6 heteroatoms. The van der Waals surface area contributed by atoms with Crippen LogP contribution in [0, 0.1) is 6.92 Å². The molecule has 0 fully saturated rings. The van der Waals surface area contributed by atoms with Crippen LogP contribution in [0.3, 0.4) is 0 Å². The van der Waals surface area contributed by atoms with Gasteiger partial charge in [0.1, 0.15) is 5.82 Å². The fourth-order valence-electron chi connectivity index (χ4n) is 2.42. The predicted octanol–water partition coefficient (Wildman–Crippen LogP) is 3.43. The molecule has 1 aromatic heterocycles. The molecule has 0 aliphatic carbocycles. The van der Waals surface area contributed by atoms with E-state index in [1.807, 2.05) is 38.1 Å². The molecule has 25 heavy (non-hydrogen) atoms. The largest absolute Gasteiger partial charge is 0.323 e. The van der Waals surface area contributed by atoms with Gasteiger partial charge in [-0.05, 0) is 31.5 Å². The van der Waals surface area contributed by atoms with Crippen molar-refractivity contribution in [2.24, 2.45) is 0 Å². The molecule has 0 aliphatic heterocycles. The second-order valence-electron chi connectivity index (χ2n) is 5.94. The first-order valence-electron chi connectivity index (χ1n) is 8.22. The molecule has 0 radical (unpaired) electrons. The number of benzene rings is 1. The molecule has 6 nitrogen and oxygen atoms in total. The van der Waals surface area contributed by atoms with Crippen molar-refractivity contribution in [3.63, 3.8) is 0 Å². The number of hydrogen-bond donors (Lipinski definition) is 1. The molecule has 3 amide bonds. The normalized spacial score (nSPS) is 10.2. The van der Waals surface area contributed by atoms with Crippen LogP contribution in [0.15, 0.2) is 42.6 Å². The molecule has 0 unspecified atom stereocenters. The number of anilines is 2. The highest BCUT2D eigenvalue weighted by Crippen LogP contribution is 2.15. The van der Waals surface area contributed by atoms with Crippen molar-refractivity contribution in [1.82, 2.24) is 9.88 Å². The van der Waals surface area contributed by atoms with Crippen molar-refractivity contribution in [2.75, 3.05) is 23.8 Å². The smallest absolute Gasteiger partial charge is 0.321 e. The lowest BCUT2D eigenvalue weighted by molar-refractivity contribution is -0.116. The number of rotatable bonds is 5. The van der Waals surface area contributed by atoms with Gasteiger partial charge in [-0.3, -0.25) is 9.69 Å². The molecule has 2 aromatic rings. The Hall–Kier alpha value is -2.89. The van der Waals surface area contributed by atoms with E-state index in [0.717, 1.165) is 5.56 Å². The zero-order valence-corrected chi connectivity index (χ0v) is 15.1. The van der Waals surface area contributed by atoms with Gasteiger partial charge in [-0.15, -0.1) is 0 Å². The lowest BCUT2D eigenvalue weighted by atomic mass is 10.1. The summed E-state index contributed by atoms with van der Waals surface area (Å²) in [7, 11) is 1.74. The highest BCUT2D eigenvalue weighted by atomic mass is 16.2. The van der Waals surface area contributed by atoms with Gasteiger partial charge in [-0.2, -0.15) is 0 Å². The standard InChI is InChI=1S/C19H24N4O2/c1-5-23(15(3)24)18-11-10-17(12-20-18)21-19(25)22(4)13-16-8-6-14(2)7-9-16/h6-12H,5,13H2,1-4H3,(H,21,25). The van der Waals surface area contributed by atoms with Crippen molar-refractivity contribution in [1.29, 1.82) is 0 Å². The Bertz CT molecular complexity index is 726. The van der Waals surface area contributed by atoms with E-state index >= 15 is 0 Å². The Morgan fingerprint density at radius 2 is 1.80 bits per heavy atom. The highest BCUT2D eigenvalue weighted by Gasteiger charge is 2.12. The van der Waals surface area contributed by atoms with Gasteiger partial charge in [0.05, 0.1) is 11.9 Å². The van der Waals surface area contributed by atoms with Crippen LogP contribution in [-0.4, -0.2) is 35.4 Å². The van der Waals surface area contributed by atoms with E-state index in [-0.39, 0.29) is 11.9 Å². The minimum Gasteiger partial charge on any atom is -0.323 e. The average molecular weight is 340 g/mol. The van der Waals surface area contributed by atoms with Crippen LogP contribution in [0.4, 0.5) is 16.3 Å². The summed E-state index contributed by atoms with van der Waals surface area (Å²) in [5, 5.41) is 2.81. The Kier molecular flexibility index (Phi) is 6.11. The van der Waals surface area contributed by atoms with Crippen molar-refractivity contribution in [2.45, 2.75) is 27.3 Å². The third-order valence-corrected chi connectivity index (χ3v) is 3.86. The summed E-state index contributed by atoms with van der Waals surface area (Å²) in [4.78, 5) is 31.2. The lowest BCUT2D eigenvalue weighted by Gasteiger charge is -2.20. The van der Waals surface area contributed by atoms with Crippen molar-refractivity contribution >= 4 is 23.4 Å². The molecule has 0 saturated carbocycles. The molecule has 1 aromatic carbocycles. The number of amides is 3. The first-order chi connectivity index (χ1) is 11.9. The molecule has 132 valence electrons. The van der Waals surface area contributed by atoms with Crippen LogP contribution < -0.4 is 10.2 Å². The van der Waals surface area contributed by atoms with Crippen LogP contribution in [0.5, 0.6) is 0 Å². The minimum absolute atomic E-state index is 0.0652. The van der Waals surface area contributed by atoms with Crippen molar-refractivity contribution in [3.8, 4) is 0 Å². The lowest BCUT2D eigenvalue weighted by Crippen LogP contribution is -2.31. The maximum absolute atomic E-state index is 12.3. The molecule has 0 aliphatic rings. The van der Waals surface area contributed by atoms with Gasteiger partial charge in [-0.25, -0.2) is 9.78 Å². The van der Waals surface area contributed by atoms with E-state index in [1.54, 1.807) is 35.2 Å². The monoisotopic (exact) mass is 340 g/mol. The number of aryl methyl sites for hydroxylation is 1. The van der Waals surface area contributed by atoms with E-state index in [2.05, 4.69) is 10.3 Å². The summed E-state index contributed by atoms with van der Waals surface area (Å²) >= 11 is 0. The number of nitrogens with one attached hydrogen (secondary N) is 1. The second-order valence-corrected chi connectivity index (χ2v) is 5.94. The van der Waals surface area contributed by atoms with E-state index in [9.17, 15) is 9.59 Å². The fourth-order valence-corrected chi connectivity index (χ4v) is 2.42. The third-order valence-electron chi connectivity index (χ3n) is 3.86. The summed E-state index contributed by atoms with van der Waals surface area (Å²) in [6.45, 7) is 6.49. The predicted molar refractivity (Wildman–Crippen MR) is 99.6 cm³/mol. The molecule has 0 spiro atoms. The van der Waals surface area contributed by atoms with Crippen LogP contribution in [0.25, 0.3) is 0 Å². The summed E-state index contributed by atoms with van der Waals surface area (Å²) in [5.74, 6) is 0.505. The Morgan fingerprint density at radius 1 is 1.12 bits per heavy atom. The molecule has 1 heterocycles. The van der Waals surface area contributed by atoms with Gasteiger partial charge in [0.15, 0.2) is 0 Å². The number of nitrogens with zero attached hydrogens (tertiary/aromatic N) is 3. The topological polar surface area (TPSA) is 65.5 Å². The molecule has 0 saturated heterocycles. The Labute approximate surface area is 148 Å². The van der Waals surface area contributed by atoms with Gasteiger partial charge < -0.3 is 10.2 Å². The van der Waals surface area contributed by atoms with Crippen LogP contribution >= 0.6 is 0 Å². The van der Waals surface area contributed by atoms with Gasteiger partial charge in [0, 0.05) is 27.1 Å². The second kappa shape index (κ2) is 8.28. The summed E-state index contributed by atoms with van der Waals surface area (Å²) in [6.07, 6.45) is 1.55. The SMILES string of the molecule is CCN(C(C)=O)c1ccc(NC(=O)N(C)Cc2ccc(C)cc2)cn1. The van der Waals surface area contributed by atoms with Crippen LogP contribution in [0.1, 0.15) is 25.0 Å². The number of carbonyl (C=O) groups excluding carboxylic acids is 2. The van der Waals surface area contributed by atoms with E-state index < -0.39 is 0 Å². The molecule has 2 rings (SSSR count). The number of hydrogen-bond acceptors (Lipinski definition) is 3. The first-order valence-corrected chi connectivity index (χ1v) is 8.22. The van der Waals surface area contributed by atoms with Crippen molar-refractivity contribution < 1.29 is 9.59 Å². The maximum atomic E-state index is 12.3. The Balaban J connectivity index is 1.97. The minimum atomic E-state index is -0.214.